The number of hydrogen-bond donors (Lipinski definition) is 2. The standard InChI is InChI=1S/C9H13N3/c1-7(11)12-9-4-2-8(6-10)3-5-9/h2-5H,6,10H2,1H3,(H2,11,12). The Labute approximate surface area is 72.1 Å². The number of nitrogens with zero attached hydrogens (tertiary/aromatic N) is 1. The molecule has 12 heavy (non-hydrogen) atoms. The van der Waals surface area contributed by atoms with Gasteiger partial charge < -0.3 is 11.5 Å². The Kier molecular flexibility index (Phi) is 2.82. The van der Waals surface area contributed by atoms with E-state index in [-0.39, 0.29) is 0 Å². The normalized spacial score (nSPS) is 11.7. The monoisotopic (exact) mass is 163 g/mol. The molecule has 0 fully saturated rings. The van der Waals surface area contributed by atoms with Gasteiger partial charge in [0, 0.05) is 6.54 Å². The maximum absolute atomic E-state index is 5.44. The molecule has 64 valence electrons. The molecule has 1 aromatic rings. The fourth-order valence-electron chi connectivity index (χ4n) is 0.910. The molecule has 0 aliphatic carbocycles. The number of nitrogens with two attached hydrogens (primary N) is 2. The molecule has 0 amide bonds. The lowest BCUT2D eigenvalue weighted by Gasteiger charge is -1.97. The van der Waals surface area contributed by atoms with Gasteiger partial charge in [-0.3, -0.25) is 0 Å². The Hall–Kier alpha value is -1.35. The Bertz CT molecular complexity index is 270. The van der Waals surface area contributed by atoms with E-state index in [1.54, 1.807) is 6.92 Å². The quantitative estimate of drug-likeness (QED) is 0.507. The fraction of sp³-hybridized carbons (Fsp3) is 0.222. The number of hydrogen-bond acceptors (Lipinski definition) is 2. The second kappa shape index (κ2) is 3.88. The maximum Gasteiger partial charge on any atom is 0.0964 e. The van der Waals surface area contributed by atoms with Crippen LogP contribution in [0.15, 0.2) is 29.3 Å². The van der Waals surface area contributed by atoms with E-state index in [2.05, 4.69) is 4.99 Å². The van der Waals surface area contributed by atoms with Crippen molar-refractivity contribution in [2.45, 2.75) is 13.5 Å². The van der Waals surface area contributed by atoms with Crippen molar-refractivity contribution in [2.75, 3.05) is 0 Å². The molecule has 0 spiro atoms. The topological polar surface area (TPSA) is 64.4 Å². The summed E-state index contributed by atoms with van der Waals surface area (Å²) >= 11 is 0. The van der Waals surface area contributed by atoms with Gasteiger partial charge in [0.15, 0.2) is 0 Å². The van der Waals surface area contributed by atoms with Gasteiger partial charge in [0.2, 0.25) is 0 Å². The largest absolute Gasteiger partial charge is 0.387 e. The molecule has 0 radical (unpaired) electrons. The molecule has 1 aromatic carbocycles. The first-order valence-corrected chi connectivity index (χ1v) is 3.82. The van der Waals surface area contributed by atoms with Gasteiger partial charge in [-0.1, -0.05) is 12.1 Å². The van der Waals surface area contributed by atoms with Crippen LogP contribution in [0.5, 0.6) is 0 Å². The van der Waals surface area contributed by atoms with E-state index < -0.39 is 0 Å². The third-order valence-corrected chi connectivity index (χ3v) is 1.48. The van der Waals surface area contributed by atoms with Crippen molar-refractivity contribution in [3.05, 3.63) is 29.8 Å². The van der Waals surface area contributed by atoms with E-state index in [1.165, 1.54) is 0 Å². The highest BCUT2D eigenvalue weighted by Gasteiger charge is 1.90. The van der Waals surface area contributed by atoms with Gasteiger partial charge in [-0.15, -0.1) is 0 Å². The van der Waals surface area contributed by atoms with Gasteiger partial charge in [-0.05, 0) is 24.6 Å². The minimum atomic E-state index is 0.561. The summed E-state index contributed by atoms with van der Waals surface area (Å²) in [5, 5.41) is 0. The molecule has 1 rings (SSSR count). The van der Waals surface area contributed by atoms with Crippen LogP contribution in [-0.2, 0) is 6.54 Å². The molecule has 3 heteroatoms. The summed E-state index contributed by atoms with van der Waals surface area (Å²) in [5.41, 5.74) is 12.8. The molecule has 0 aromatic heterocycles. The van der Waals surface area contributed by atoms with Crippen molar-refractivity contribution in [1.82, 2.24) is 0 Å². The molecule has 0 unspecified atom stereocenters. The second-order valence-electron chi connectivity index (χ2n) is 2.62. The number of aliphatic imine (C=N–C) groups is 1. The lowest BCUT2D eigenvalue weighted by molar-refractivity contribution is 1.07. The van der Waals surface area contributed by atoms with Gasteiger partial charge >= 0.3 is 0 Å². The third kappa shape index (κ3) is 2.36. The van der Waals surface area contributed by atoms with Crippen molar-refractivity contribution in [3.63, 3.8) is 0 Å². The smallest absolute Gasteiger partial charge is 0.0964 e. The Balaban J connectivity index is 2.85. The summed E-state index contributed by atoms with van der Waals surface area (Å²) in [6, 6.07) is 7.70. The van der Waals surface area contributed by atoms with Crippen LogP contribution in [0, 0.1) is 0 Å². The molecular weight excluding hydrogens is 150 g/mol. The van der Waals surface area contributed by atoms with Crippen LogP contribution in [-0.4, -0.2) is 5.84 Å². The minimum Gasteiger partial charge on any atom is -0.387 e. The molecule has 0 aliphatic heterocycles. The molecule has 0 heterocycles. The summed E-state index contributed by atoms with van der Waals surface area (Å²) in [6.07, 6.45) is 0. The van der Waals surface area contributed by atoms with Crippen LogP contribution < -0.4 is 11.5 Å². The SMILES string of the molecule is CC(N)=Nc1ccc(CN)cc1. The highest BCUT2D eigenvalue weighted by molar-refractivity contribution is 5.80. The molecule has 0 bridgehead atoms. The summed E-state index contributed by atoms with van der Waals surface area (Å²) in [6.45, 7) is 2.32. The molecular formula is C9H13N3. The predicted octanol–water partition coefficient (Wildman–Crippen LogP) is 1.15. The van der Waals surface area contributed by atoms with Gasteiger partial charge in [0.05, 0.1) is 11.5 Å². The first-order valence-electron chi connectivity index (χ1n) is 3.82. The highest BCUT2D eigenvalue weighted by Crippen LogP contribution is 2.12. The van der Waals surface area contributed by atoms with E-state index >= 15 is 0 Å². The van der Waals surface area contributed by atoms with E-state index in [1.807, 2.05) is 24.3 Å². The second-order valence-corrected chi connectivity index (χ2v) is 2.62. The zero-order chi connectivity index (χ0) is 8.97. The molecule has 3 nitrogen and oxygen atoms in total. The van der Waals surface area contributed by atoms with Crippen molar-refractivity contribution in [1.29, 1.82) is 0 Å². The van der Waals surface area contributed by atoms with Crippen molar-refractivity contribution < 1.29 is 0 Å². The van der Waals surface area contributed by atoms with Crippen LogP contribution in [0.25, 0.3) is 0 Å². The third-order valence-electron chi connectivity index (χ3n) is 1.48. The maximum atomic E-state index is 5.44. The Morgan fingerprint density at radius 2 is 1.92 bits per heavy atom. The van der Waals surface area contributed by atoms with Crippen LogP contribution in [0.3, 0.4) is 0 Å². The van der Waals surface area contributed by atoms with Crippen molar-refractivity contribution in [3.8, 4) is 0 Å². The lowest BCUT2D eigenvalue weighted by Crippen LogP contribution is -2.03. The summed E-state index contributed by atoms with van der Waals surface area (Å²) in [5.74, 6) is 0.565. The first kappa shape index (κ1) is 8.74. The lowest BCUT2D eigenvalue weighted by atomic mass is 10.2. The van der Waals surface area contributed by atoms with Gasteiger partial charge in [0.1, 0.15) is 0 Å². The van der Waals surface area contributed by atoms with Crippen LogP contribution in [0.2, 0.25) is 0 Å². The van der Waals surface area contributed by atoms with E-state index in [0.29, 0.717) is 12.4 Å². The fourth-order valence-corrected chi connectivity index (χ4v) is 0.910. The van der Waals surface area contributed by atoms with Crippen LogP contribution in [0.1, 0.15) is 12.5 Å². The highest BCUT2D eigenvalue weighted by atomic mass is 14.8. The number of amidine groups is 1. The molecule has 0 atom stereocenters. The van der Waals surface area contributed by atoms with Gasteiger partial charge in [0.25, 0.3) is 0 Å². The van der Waals surface area contributed by atoms with Gasteiger partial charge in [-0.2, -0.15) is 0 Å². The average Bonchev–Trinajstić information content (AvgIpc) is 2.05. The van der Waals surface area contributed by atoms with Crippen LogP contribution >= 0.6 is 0 Å². The Morgan fingerprint density at radius 3 is 2.33 bits per heavy atom. The summed E-state index contributed by atoms with van der Waals surface area (Å²) < 4.78 is 0. The van der Waals surface area contributed by atoms with Crippen molar-refractivity contribution >= 4 is 11.5 Å². The van der Waals surface area contributed by atoms with Crippen LogP contribution in [0.4, 0.5) is 5.69 Å². The molecule has 0 saturated carbocycles. The minimum absolute atomic E-state index is 0.561. The van der Waals surface area contributed by atoms with E-state index in [4.69, 9.17) is 11.5 Å². The average molecular weight is 163 g/mol. The summed E-state index contributed by atoms with van der Waals surface area (Å²) in [4.78, 5) is 4.09. The zero-order valence-electron chi connectivity index (χ0n) is 7.12. The molecule has 4 N–H and O–H groups in total. The van der Waals surface area contributed by atoms with Gasteiger partial charge in [-0.25, -0.2) is 4.99 Å². The Morgan fingerprint density at radius 1 is 1.33 bits per heavy atom. The van der Waals surface area contributed by atoms with E-state index in [0.717, 1.165) is 11.3 Å². The summed E-state index contributed by atoms with van der Waals surface area (Å²) in [7, 11) is 0. The molecule has 0 saturated heterocycles. The first-order chi connectivity index (χ1) is 5.72. The van der Waals surface area contributed by atoms with Crippen molar-refractivity contribution in [2.24, 2.45) is 16.5 Å². The zero-order valence-corrected chi connectivity index (χ0v) is 7.12. The predicted molar refractivity (Wildman–Crippen MR) is 51.3 cm³/mol. The number of rotatable bonds is 2. The molecule has 0 aliphatic rings. The number of benzene rings is 1. The van der Waals surface area contributed by atoms with E-state index in [9.17, 15) is 0 Å².